The van der Waals surface area contributed by atoms with Gasteiger partial charge in [0.15, 0.2) is 5.84 Å². The molecule has 0 spiro atoms. The molecule has 1 atom stereocenters. The number of hydrogen-bond acceptors (Lipinski definition) is 6. The van der Waals surface area contributed by atoms with Gasteiger partial charge in [0.2, 0.25) is 0 Å². The number of esters is 1. The smallest absolute Gasteiger partial charge is 0.338 e. The van der Waals surface area contributed by atoms with Crippen LogP contribution in [-0.4, -0.2) is 23.4 Å². The zero-order valence-corrected chi connectivity index (χ0v) is 16.9. The maximum atomic E-state index is 12.5. The minimum absolute atomic E-state index is 0.255. The summed E-state index contributed by atoms with van der Waals surface area (Å²) in [4.78, 5) is 21.4. The molecule has 0 bridgehead atoms. The van der Waals surface area contributed by atoms with Gasteiger partial charge in [0.25, 0.3) is 0 Å². The minimum Gasteiger partial charge on any atom is -0.463 e. The van der Waals surface area contributed by atoms with Crippen molar-refractivity contribution in [3.8, 4) is 0 Å². The number of carbonyl (C=O) groups is 1. The lowest BCUT2D eigenvalue weighted by atomic mass is 9.96. The quantitative estimate of drug-likeness (QED) is 0.691. The Labute approximate surface area is 169 Å². The van der Waals surface area contributed by atoms with E-state index >= 15 is 0 Å². The molecule has 3 rings (SSSR count). The third-order valence-electron chi connectivity index (χ3n) is 3.74. The molecule has 1 aromatic carbocycles. The second-order valence-corrected chi connectivity index (χ2v) is 7.71. The van der Waals surface area contributed by atoms with Crippen molar-refractivity contribution in [1.82, 2.24) is 10.3 Å². The van der Waals surface area contributed by atoms with E-state index in [1.54, 1.807) is 37.6 Å². The topological polar surface area (TPSA) is 63.6 Å². The third kappa shape index (κ3) is 3.74. The molecule has 2 heterocycles. The summed E-state index contributed by atoms with van der Waals surface area (Å²) in [6, 6.07) is 4.40. The highest BCUT2D eigenvalue weighted by atomic mass is 35.5. The Morgan fingerprint density at radius 1 is 1.35 bits per heavy atom. The molecule has 0 saturated heterocycles. The molecule has 9 heteroatoms. The number of thiazole rings is 1. The van der Waals surface area contributed by atoms with Crippen molar-refractivity contribution in [2.75, 3.05) is 6.61 Å². The second kappa shape index (κ2) is 7.96. The average Bonchev–Trinajstić information content (AvgIpc) is 3.00. The molecule has 0 saturated carbocycles. The van der Waals surface area contributed by atoms with Gasteiger partial charge in [-0.05, 0) is 26.0 Å². The molecule has 1 aliphatic rings. The van der Waals surface area contributed by atoms with Crippen LogP contribution in [-0.2, 0) is 9.53 Å². The highest BCUT2D eigenvalue weighted by Crippen LogP contribution is 2.37. The Hall–Kier alpha value is -1.60. The molecule has 1 N–H and O–H groups in total. The van der Waals surface area contributed by atoms with Gasteiger partial charge in [-0.25, -0.2) is 9.78 Å². The van der Waals surface area contributed by atoms with Crippen LogP contribution in [0.5, 0.6) is 0 Å². The van der Waals surface area contributed by atoms with Gasteiger partial charge < -0.3 is 10.1 Å². The molecule has 0 aliphatic carbocycles. The van der Waals surface area contributed by atoms with Gasteiger partial charge in [-0.1, -0.05) is 40.9 Å². The first kappa shape index (κ1) is 19.2. The predicted octanol–water partition coefficient (Wildman–Crippen LogP) is 5.03. The third-order valence-corrected chi connectivity index (χ3v) is 5.36. The predicted molar refractivity (Wildman–Crippen MR) is 105 cm³/mol. The number of ether oxygens (including phenoxy) is 1. The normalized spacial score (nSPS) is 17.0. The van der Waals surface area contributed by atoms with E-state index < -0.39 is 12.0 Å². The molecular weight excluding hydrogens is 417 g/mol. The van der Waals surface area contributed by atoms with Gasteiger partial charge in [0.1, 0.15) is 16.1 Å². The fourth-order valence-corrected chi connectivity index (χ4v) is 3.89. The molecule has 0 radical (unpaired) electrons. The van der Waals surface area contributed by atoms with Crippen LogP contribution in [0.4, 0.5) is 0 Å². The van der Waals surface area contributed by atoms with E-state index in [-0.39, 0.29) is 6.61 Å². The summed E-state index contributed by atoms with van der Waals surface area (Å²) in [7, 11) is 0. The van der Waals surface area contributed by atoms with E-state index in [1.165, 1.54) is 11.3 Å². The Bertz CT molecular complexity index is 924. The van der Waals surface area contributed by atoms with E-state index in [4.69, 9.17) is 39.5 Å². The summed E-state index contributed by atoms with van der Waals surface area (Å²) in [5.74, 6) is 0.0125. The van der Waals surface area contributed by atoms with Crippen LogP contribution in [0.15, 0.2) is 40.0 Å². The van der Waals surface area contributed by atoms with Crippen LogP contribution >= 0.6 is 46.1 Å². The maximum Gasteiger partial charge on any atom is 0.338 e. The number of carbonyl (C=O) groups excluding carboxylic acids is 1. The number of rotatable bonds is 4. The highest BCUT2D eigenvalue weighted by molar-refractivity contribution is 7.14. The van der Waals surface area contributed by atoms with Crippen LogP contribution in [0.3, 0.4) is 0 Å². The summed E-state index contributed by atoms with van der Waals surface area (Å²) < 4.78 is 5.71. The van der Waals surface area contributed by atoms with Crippen molar-refractivity contribution in [3.63, 3.8) is 0 Å². The fourth-order valence-electron chi connectivity index (χ4n) is 2.60. The molecule has 5 nitrogen and oxygen atoms in total. The number of hydrogen-bond donors (Lipinski definition) is 1. The first-order valence-electron chi connectivity index (χ1n) is 7.69. The van der Waals surface area contributed by atoms with Crippen molar-refractivity contribution in [3.05, 3.63) is 60.6 Å². The summed E-state index contributed by atoms with van der Waals surface area (Å²) in [6.07, 6.45) is 0. The molecule has 2 aromatic rings. The van der Waals surface area contributed by atoms with Gasteiger partial charge in [-0.2, -0.15) is 0 Å². The van der Waals surface area contributed by atoms with Crippen molar-refractivity contribution >= 4 is 57.9 Å². The lowest BCUT2D eigenvalue weighted by Crippen LogP contribution is -2.33. The number of allylic oxidation sites excluding steroid dienone is 1. The lowest BCUT2D eigenvalue weighted by Gasteiger charge is -2.26. The van der Waals surface area contributed by atoms with Gasteiger partial charge in [-0.3, -0.25) is 4.99 Å². The number of nitrogens with zero attached hydrogens (tertiary/aromatic N) is 2. The molecule has 136 valence electrons. The molecule has 0 fully saturated rings. The molecule has 0 amide bonds. The zero-order valence-electron chi connectivity index (χ0n) is 13.8. The standard InChI is InChI=1S/C17H14Cl3N3O2S/c1-3-25-17(24)12-8(2)22-16(14-15(20)26-7-21-14)23-13(12)10-5-4-9(18)6-11(10)19/h4-7,13H,3H2,1-2H3,(H,22,23). The minimum atomic E-state index is -0.659. The summed E-state index contributed by atoms with van der Waals surface area (Å²) in [5.41, 5.74) is 3.78. The summed E-state index contributed by atoms with van der Waals surface area (Å²) >= 11 is 19.9. The van der Waals surface area contributed by atoms with E-state index in [0.717, 1.165) is 0 Å². The van der Waals surface area contributed by atoms with E-state index in [2.05, 4.69) is 15.3 Å². The number of amidine groups is 1. The van der Waals surface area contributed by atoms with Crippen molar-refractivity contribution in [2.24, 2.45) is 4.99 Å². The van der Waals surface area contributed by atoms with Crippen LogP contribution < -0.4 is 5.32 Å². The van der Waals surface area contributed by atoms with Gasteiger partial charge in [0, 0.05) is 21.3 Å². The van der Waals surface area contributed by atoms with Crippen molar-refractivity contribution in [2.45, 2.75) is 19.9 Å². The largest absolute Gasteiger partial charge is 0.463 e. The first-order valence-corrected chi connectivity index (χ1v) is 9.70. The fraction of sp³-hybridized carbons (Fsp3) is 0.235. The van der Waals surface area contributed by atoms with E-state index in [9.17, 15) is 4.79 Å². The number of halogens is 3. The van der Waals surface area contributed by atoms with Crippen molar-refractivity contribution in [1.29, 1.82) is 0 Å². The molecular formula is C17H14Cl3N3O2S. The first-order chi connectivity index (χ1) is 12.4. The van der Waals surface area contributed by atoms with Crippen LogP contribution in [0.25, 0.3) is 0 Å². The zero-order chi connectivity index (χ0) is 18.8. The summed E-state index contributed by atoms with van der Waals surface area (Å²) in [5, 5.41) is 4.01. The molecule has 1 unspecified atom stereocenters. The van der Waals surface area contributed by atoms with E-state index in [1.807, 2.05) is 0 Å². The Kier molecular flexibility index (Phi) is 5.87. The Morgan fingerprint density at radius 3 is 2.73 bits per heavy atom. The number of aliphatic imine (C=N–C) groups is 1. The van der Waals surface area contributed by atoms with Crippen LogP contribution in [0.1, 0.15) is 31.1 Å². The van der Waals surface area contributed by atoms with Gasteiger partial charge >= 0.3 is 5.97 Å². The monoisotopic (exact) mass is 429 g/mol. The summed E-state index contributed by atoms with van der Waals surface area (Å²) in [6.45, 7) is 3.78. The number of benzene rings is 1. The molecule has 1 aliphatic heterocycles. The molecule has 1 aromatic heterocycles. The van der Waals surface area contributed by atoms with Gasteiger partial charge in [-0.15, -0.1) is 11.3 Å². The number of nitrogens with one attached hydrogen (secondary N) is 1. The molecule has 26 heavy (non-hydrogen) atoms. The lowest BCUT2D eigenvalue weighted by molar-refractivity contribution is -0.138. The van der Waals surface area contributed by atoms with Gasteiger partial charge in [0.05, 0.1) is 17.7 Å². The van der Waals surface area contributed by atoms with Crippen LogP contribution in [0.2, 0.25) is 14.4 Å². The highest BCUT2D eigenvalue weighted by Gasteiger charge is 2.32. The average molecular weight is 431 g/mol. The maximum absolute atomic E-state index is 12.5. The Morgan fingerprint density at radius 2 is 2.12 bits per heavy atom. The SMILES string of the molecule is CCOC(=O)C1=C(C)NC(c2ncsc2Cl)=NC1c1ccc(Cl)cc1Cl. The second-order valence-electron chi connectivity index (χ2n) is 5.40. The van der Waals surface area contributed by atoms with Crippen LogP contribution in [0, 0.1) is 0 Å². The van der Waals surface area contributed by atoms with E-state index in [0.29, 0.717) is 42.7 Å². The van der Waals surface area contributed by atoms with Crippen molar-refractivity contribution < 1.29 is 9.53 Å². The Balaban J connectivity index is 2.14. The number of aromatic nitrogens is 1.